The van der Waals surface area contributed by atoms with Crippen LogP contribution in [0.1, 0.15) is 35.3 Å². The Morgan fingerprint density at radius 1 is 1.09 bits per heavy atom. The molecular weight excluding hydrogens is 466 g/mol. The molecule has 0 radical (unpaired) electrons. The standard InChI is InChI=1S/C24H29N7O3S/c1-30(2)16-18-10-11-26-14-20(18)29-24(32)22-23(25)27-15-21(28-22)17-6-8-19(9-7-17)35(33,34)31-12-4-3-5-13-31/h6-11,14-15H,3-5,12-13,16H2,1-2H3,(H2,25,27)(H,29,32). The van der Waals surface area contributed by atoms with E-state index >= 15 is 0 Å². The van der Waals surface area contributed by atoms with E-state index in [0.29, 0.717) is 36.6 Å². The minimum Gasteiger partial charge on any atom is -0.382 e. The fourth-order valence-electron chi connectivity index (χ4n) is 3.95. The fraction of sp³-hybridized carbons (Fsp3) is 0.333. The van der Waals surface area contributed by atoms with E-state index < -0.39 is 15.9 Å². The van der Waals surface area contributed by atoms with Gasteiger partial charge in [0.15, 0.2) is 11.5 Å². The second-order valence-electron chi connectivity index (χ2n) is 8.70. The number of nitrogens with zero attached hydrogens (tertiary/aromatic N) is 5. The molecule has 0 atom stereocenters. The molecule has 0 bridgehead atoms. The number of amides is 1. The van der Waals surface area contributed by atoms with Gasteiger partial charge in [-0.25, -0.2) is 18.4 Å². The van der Waals surface area contributed by atoms with Crippen LogP contribution in [0.15, 0.2) is 53.8 Å². The molecule has 1 aliphatic heterocycles. The summed E-state index contributed by atoms with van der Waals surface area (Å²) in [5.74, 6) is -0.511. The highest BCUT2D eigenvalue weighted by atomic mass is 32.2. The van der Waals surface area contributed by atoms with Gasteiger partial charge in [0.05, 0.1) is 28.7 Å². The van der Waals surface area contributed by atoms with Crippen molar-refractivity contribution < 1.29 is 13.2 Å². The molecule has 11 heteroatoms. The van der Waals surface area contributed by atoms with Crippen molar-refractivity contribution in [2.45, 2.75) is 30.7 Å². The summed E-state index contributed by atoms with van der Waals surface area (Å²) in [6, 6.07) is 8.27. The Labute approximate surface area is 205 Å². The number of hydrogen-bond acceptors (Lipinski definition) is 8. The number of nitrogens with two attached hydrogens (primary N) is 1. The lowest BCUT2D eigenvalue weighted by Crippen LogP contribution is -2.35. The largest absolute Gasteiger partial charge is 0.382 e. The van der Waals surface area contributed by atoms with Gasteiger partial charge in [0.2, 0.25) is 10.0 Å². The molecule has 10 nitrogen and oxygen atoms in total. The van der Waals surface area contributed by atoms with Crippen molar-refractivity contribution in [3.63, 3.8) is 0 Å². The van der Waals surface area contributed by atoms with Crippen molar-refractivity contribution in [1.82, 2.24) is 24.2 Å². The van der Waals surface area contributed by atoms with Gasteiger partial charge >= 0.3 is 0 Å². The highest BCUT2D eigenvalue weighted by Gasteiger charge is 2.26. The van der Waals surface area contributed by atoms with Crippen LogP contribution in [0.2, 0.25) is 0 Å². The van der Waals surface area contributed by atoms with Gasteiger partial charge in [-0.3, -0.25) is 9.78 Å². The molecule has 0 spiro atoms. The zero-order chi connectivity index (χ0) is 25.0. The molecule has 1 aliphatic rings. The van der Waals surface area contributed by atoms with Crippen LogP contribution >= 0.6 is 0 Å². The molecule has 4 rings (SSSR count). The van der Waals surface area contributed by atoms with Gasteiger partial charge in [-0.2, -0.15) is 4.31 Å². The number of pyridine rings is 1. The Morgan fingerprint density at radius 2 is 1.80 bits per heavy atom. The number of anilines is 2. The van der Waals surface area contributed by atoms with Crippen LogP contribution in [-0.4, -0.2) is 65.7 Å². The lowest BCUT2D eigenvalue weighted by atomic mass is 10.1. The summed E-state index contributed by atoms with van der Waals surface area (Å²) in [6.07, 6.45) is 7.50. The van der Waals surface area contributed by atoms with Gasteiger partial charge < -0.3 is 16.0 Å². The molecule has 3 N–H and O–H groups in total. The molecule has 1 amide bonds. The van der Waals surface area contributed by atoms with Crippen LogP contribution in [0.25, 0.3) is 11.3 Å². The molecule has 0 saturated carbocycles. The number of carbonyl (C=O) groups excluding carboxylic acids is 1. The average Bonchev–Trinajstić information content (AvgIpc) is 2.86. The number of sulfonamides is 1. The Kier molecular flexibility index (Phi) is 7.39. The number of aromatic nitrogens is 3. The maximum atomic E-state index is 13.0. The summed E-state index contributed by atoms with van der Waals surface area (Å²) in [6.45, 7) is 1.70. The Balaban J connectivity index is 1.56. The van der Waals surface area contributed by atoms with Crippen LogP contribution in [0.3, 0.4) is 0 Å². The van der Waals surface area contributed by atoms with E-state index in [2.05, 4.69) is 20.3 Å². The first-order valence-corrected chi connectivity index (χ1v) is 12.8. The van der Waals surface area contributed by atoms with E-state index in [4.69, 9.17) is 5.73 Å². The summed E-state index contributed by atoms with van der Waals surface area (Å²) in [5.41, 5.74) is 8.43. The topological polar surface area (TPSA) is 134 Å². The third-order valence-electron chi connectivity index (χ3n) is 5.76. The van der Waals surface area contributed by atoms with Gasteiger partial charge in [0.1, 0.15) is 0 Å². The van der Waals surface area contributed by atoms with Crippen molar-refractivity contribution in [3.8, 4) is 11.3 Å². The number of piperidine rings is 1. The Hall–Kier alpha value is -3.41. The van der Waals surface area contributed by atoms with Crippen LogP contribution in [0.5, 0.6) is 0 Å². The molecule has 184 valence electrons. The van der Waals surface area contributed by atoms with Crippen LogP contribution in [0, 0.1) is 0 Å². The van der Waals surface area contributed by atoms with Crippen LogP contribution in [-0.2, 0) is 16.6 Å². The lowest BCUT2D eigenvalue weighted by Gasteiger charge is -2.25. The third kappa shape index (κ3) is 5.64. The van der Waals surface area contributed by atoms with Crippen molar-refractivity contribution in [3.05, 3.63) is 60.2 Å². The van der Waals surface area contributed by atoms with Gasteiger partial charge in [-0.05, 0) is 50.7 Å². The molecule has 35 heavy (non-hydrogen) atoms. The molecular formula is C24H29N7O3S. The first-order chi connectivity index (χ1) is 16.8. The highest BCUT2D eigenvalue weighted by Crippen LogP contribution is 2.25. The fourth-order valence-corrected chi connectivity index (χ4v) is 5.47. The predicted octanol–water partition coefficient (Wildman–Crippen LogP) is 2.61. The van der Waals surface area contributed by atoms with E-state index in [1.54, 1.807) is 36.7 Å². The summed E-state index contributed by atoms with van der Waals surface area (Å²) in [5, 5.41) is 2.82. The van der Waals surface area contributed by atoms with E-state index in [0.717, 1.165) is 24.8 Å². The number of hydrogen-bond donors (Lipinski definition) is 2. The van der Waals surface area contributed by atoms with Crippen molar-refractivity contribution in [1.29, 1.82) is 0 Å². The first-order valence-electron chi connectivity index (χ1n) is 11.4. The number of carbonyl (C=O) groups is 1. The minimum atomic E-state index is -3.53. The Morgan fingerprint density at radius 3 is 2.49 bits per heavy atom. The smallest absolute Gasteiger partial charge is 0.278 e. The van der Waals surface area contributed by atoms with Gasteiger partial charge in [-0.1, -0.05) is 18.6 Å². The molecule has 2 aromatic heterocycles. The highest BCUT2D eigenvalue weighted by molar-refractivity contribution is 7.89. The summed E-state index contributed by atoms with van der Waals surface area (Å²) >= 11 is 0. The van der Waals surface area contributed by atoms with Gasteiger partial charge in [0.25, 0.3) is 5.91 Å². The molecule has 0 aliphatic carbocycles. The summed E-state index contributed by atoms with van der Waals surface area (Å²) in [4.78, 5) is 27.9. The molecule has 0 unspecified atom stereocenters. The maximum Gasteiger partial charge on any atom is 0.278 e. The minimum absolute atomic E-state index is 0.00593. The molecule has 3 heterocycles. The van der Waals surface area contributed by atoms with Gasteiger partial charge in [0, 0.05) is 31.4 Å². The lowest BCUT2D eigenvalue weighted by molar-refractivity contribution is 0.102. The van der Waals surface area contributed by atoms with E-state index in [1.807, 2.05) is 25.1 Å². The quantitative estimate of drug-likeness (QED) is 0.511. The second kappa shape index (κ2) is 10.5. The first kappa shape index (κ1) is 24.7. The number of nitrogens with one attached hydrogen (secondary N) is 1. The zero-order valence-electron chi connectivity index (χ0n) is 19.8. The number of nitrogen functional groups attached to an aromatic ring is 1. The number of rotatable bonds is 7. The monoisotopic (exact) mass is 495 g/mol. The van der Waals surface area contributed by atoms with Crippen LogP contribution < -0.4 is 11.1 Å². The predicted molar refractivity (Wildman–Crippen MR) is 134 cm³/mol. The molecule has 3 aromatic rings. The van der Waals surface area contributed by atoms with E-state index in [-0.39, 0.29) is 16.4 Å². The van der Waals surface area contributed by atoms with Crippen molar-refractivity contribution >= 4 is 27.4 Å². The number of benzene rings is 1. The summed E-state index contributed by atoms with van der Waals surface area (Å²) in [7, 11) is 0.332. The zero-order valence-corrected chi connectivity index (χ0v) is 20.6. The molecule has 1 aromatic carbocycles. The van der Waals surface area contributed by atoms with E-state index in [1.165, 1.54) is 10.5 Å². The summed E-state index contributed by atoms with van der Waals surface area (Å²) < 4.78 is 27.4. The second-order valence-corrected chi connectivity index (χ2v) is 10.6. The van der Waals surface area contributed by atoms with Crippen LogP contribution in [0.4, 0.5) is 11.5 Å². The third-order valence-corrected chi connectivity index (χ3v) is 7.68. The average molecular weight is 496 g/mol. The molecule has 1 saturated heterocycles. The van der Waals surface area contributed by atoms with E-state index in [9.17, 15) is 13.2 Å². The van der Waals surface area contributed by atoms with Crippen molar-refractivity contribution in [2.75, 3.05) is 38.2 Å². The molecule has 1 fully saturated rings. The normalized spacial score (nSPS) is 14.7. The Bertz CT molecular complexity index is 1300. The van der Waals surface area contributed by atoms with Crippen molar-refractivity contribution in [2.24, 2.45) is 0 Å². The maximum absolute atomic E-state index is 13.0. The van der Waals surface area contributed by atoms with Gasteiger partial charge in [-0.15, -0.1) is 0 Å². The SMILES string of the molecule is CN(C)Cc1ccncc1NC(=O)c1nc(-c2ccc(S(=O)(=O)N3CCCCC3)cc2)cnc1N.